The number of aliphatic carboxylic acids is 1. The Hall–Kier alpha value is -4.28. The fourth-order valence-corrected chi connectivity index (χ4v) is 7.10. The van der Waals surface area contributed by atoms with Crippen LogP contribution in [0.3, 0.4) is 0 Å². The largest absolute Gasteiger partial charge is 0.528 e. The number of ether oxygens (including phenoxy) is 2. The number of benzene rings is 2. The van der Waals surface area contributed by atoms with Gasteiger partial charge < -0.3 is 30.1 Å². The number of pyridine rings is 1. The summed E-state index contributed by atoms with van der Waals surface area (Å²) in [6.45, 7) is 4.51. The Morgan fingerprint density at radius 3 is 2.46 bits per heavy atom. The molecule has 258 valence electrons. The molecular weight excluding hydrogens is 666 g/mol. The Morgan fingerprint density at radius 2 is 1.79 bits per heavy atom. The molecule has 4 N–H and O–H groups in total. The SMILES string of the molecule is Cc1cc(C)c(S(=O)(=O)NC(CNC(=O)COC2CC(CNc3cc(Cl)ccn3)N(OC(=O)OCc3ccccc3)C2)C(=O)O)c(C)c1. The van der Waals surface area contributed by atoms with Gasteiger partial charge in [-0.1, -0.05) is 59.6 Å². The third-order valence-electron chi connectivity index (χ3n) is 7.38. The molecule has 1 aliphatic heterocycles. The van der Waals surface area contributed by atoms with Crippen molar-refractivity contribution in [1.29, 1.82) is 0 Å². The van der Waals surface area contributed by atoms with Gasteiger partial charge in [-0.3, -0.25) is 9.59 Å². The van der Waals surface area contributed by atoms with Crippen LogP contribution < -0.4 is 15.4 Å². The van der Waals surface area contributed by atoms with E-state index >= 15 is 0 Å². The molecule has 1 fully saturated rings. The van der Waals surface area contributed by atoms with E-state index in [0.29, 0.717) is 28.4 Å². The predicted octanol–water partition coefficient (Wildman–Crippen LogP) is 3.35. The van der Waals surface area contributed by atoms with E-state index in [-0.39, 0.29) is 24.6 Å². The number of aromatic nitrogens is 1. The van der Waals surface area contributed by atoms with Gasteiger partial charge in [-0.25, -0.2) is 18.2 Å². The zero-order valence-electron chi connectivity index (χ0n) is 26.6. The van der Waals surface area contributed by atoms with Gasteiger partial charge in [0.05, 0.1) is 23.6 Å². The van der Waals surface area contributed by atoms with Crippen LogP contribution >= 0.6 is 11.6 Å². The monoisotopic (exact) mass is 703 g/mol. The number of hydrogen-bond acceptors (Lipinski definition) is 11. The summed E-state index contributed by atoms with van der Waals surface area (Å²) >= 11 is 6.06. The fraction of sp³-hybridized carbons (Fsp3) is 0.375. The van der Waals surface area contributed by atoms with Gasteiger partial charge in [0.25, 0.3) is 0 Å². The second-order valence-electron chi connectivity index (χ2n) is 11.3. The molecule has 0 saturated carbocycles. The maximum absolute atomic E-state index is 13.1. The lowest BCUT2D eigenvalue weighted by molar-refractivity contribution is -0.143. The summed E-state index contributed by atoms with van der Waals surface area (Å²) in [5.41, 5.74) is 2.59. The minimum Gasteiger partial charge on any atom is -0.480 e. The molecular formula is C32H38ClN5O9S. The summed E-state index contributed by atoms with van der Waals surface area (Å²) in [6.07, 6.45) is 0.419. The quantitative estimate of drug-likeness (QED) is 0.170. The predicted molar refractivity (Wildman–Crippen MR) is 176 cm³/mol. The Labute approximate surface area is 283 Å². The molecule has 0 aliphatic carbocycles. The third kappa shape index (κ3) is 10.6. The lowest BCUT2D eigenvalue weighted by Gasteiger charge is -2.22. The van der Waals surface area contributed by atoms with Gasteiger partial charge in [0.15, 0.2) is 0 Å². The molecule has 1 amide bonds. The molecule has 2 aromatic carbocycles. The van der Waals surface area contributed by atoms with Crippen molar-refractivity contribution >= 4 is 45.5 Å². The first-order valence-corrected chi connectivity index (χ1v) is 16.9. The number of nitrogens with zero attached hydrogens (tertiary/aromatic N) is 2. The van der Waals surface area contributed by atoms with Crippen LogP contribution in [0.1, 0.15) is 28.7 Å². The van der Waals surface area contributed by atoms with E-state index in [1.165, 1.54) is 5.06 Å². The van der Waals surface area contributed by atoms with Crippen molar-refractivity contribution in [1.82, 2.24) is 20.1 Å². The first kappa shape index (κ1) is 36.6. The number of halogens is 1. The van der Waals surface area contributed by atoms with Crippen LogP contribution in [0.5, 0.6) is 0 Å². The molecule has 3 aromatic rings. The normalized spacial score (nSPS) is 17.0. The maximum Gasteiger partial charge on any atom is 0.528 e. The number of amides is 1. The van der Waals surface area contributed by atoms with Crippen molar-refractivity contribution in [3.8, 4) is 0 Å². The van der Waals surface area contributed by atoms with Crippen LogP contribution in [0.15, 0.2) is 65.7 Å². The zero-order chi connectivity index (χ0) is 34.8. The van der Waals surface area contributed by atoms with Crippen LogP contribution in [0.2, 0.25) is 5.02 Å². The number of hydroxylamine groups is 2. The van der Waals surface area contributed by atoms with Gasteiger partial charge in [-0.15, -0.1) is 5.06 Å². The summed E-state index contributed by atoms with van der Waals surface area (Å²) < 4.78 is 39.4. The Bertz CT molecular complexity index is 1690. The minimum atomic E-state index is -4.21. The number of hydrogen-bond donors (Lipinski definition) is 4. The standard InChI is InChI=1S/C32H38ClN5O9S/c1-20-11-21(2)30(22(3)12-20)48(43,44)37-27(31(40)41)16-36-29(39)19-45-26-14-25(15-35-28-13-24(33)9-10-34-28)38(17-26)47-32(42)46-18-23-7-5-4-6-8-23/h4-13,25-27,37H,14-19H2,1-3H3,(H,34,35)(H,36,39)(H,40,41). The van der Waals surface area contributed by atoms with Gasteiger partial charge in [-0.05, 0) is 56.0 Å². The average molecular weight is 704 g/mol. The molecule has 2 heterocycles. The Morgan fingerprint density at radius 1 is 1.08 bits per heavy atom. The van der Waals surface area contributed by atoms with E-state index in [4.69, 9.17) is 25.9 Å². The number of carbonyl (C=O) groups is 3. The highest BCUT2D eigenvalue weighted by Crippen LogP contribution is 2.24. The molecule has 1 saturated heterocycles. The van der Waals surface area contributed by atoms with Gasteiger partial charge >= 0.3 is 12.1 Å². The van der Waals surface area contributed by atoms with E-state index < -0.39 is 59.4 Å². The molecule has 14 nitrogen and oxygen atoms in total. The van der Waals surface area contributed by atoms with Crippen molar-refractivity contribution in [2.75, 3.05) is 31.6 Å². The van der Waals surface area contributed by atoms with E-state index in [1.807, 2.05) is 37.3 Å². The van der Waals surface area contributed by atoms with Crippen LogP contribution in [0.25, 0.3) is 0 Å². The van der Waals surface area contributed by atoms with Crippen LogP contribution in [0, 0.1) is 20.8 Å². The van der Waals surface area contributed by atoms with Crippen LogP contribution in [-0.4, -0.2) is 86.0 Å². The van der Waals surface area contributed by atoms with Crippen molar-refractivity contribution in [3.63, 3.8) is 0 Å². The van der Waals surface area contributed by atoms with E-state index in [0.717, 1.165) is 11.1 Å². The van der Waals surface area contributed by atoms with Crippen LogP contribution in [-0.2, 0) is 40.5 Å². The van der Waals surface area contributed by atoms with Gasteiger partial charge in [0.1, 0.15) is 25.1 Å². The van der Waals surface area contributed by atoms with Gasteiger partial charge in [-0.2, -0.15) is 4.72 Å². The van der Waals surface area contributed by atoms with Gasteiger partial charge in [0, 0.05) is 24.3 Å². The summed E-state index contributed by atoms with van der Waals surface area (Å²) in [5.74, 6) is -1.62. The third-order valence-corrected chi connectivity index (χ3v) is 9.39. The number of anilines is 1. The second-order valence-corrected chi connectivity index (χ2v) is 13.4. The number of carbonyl (C=O) groups excluding carboxylic acids is 2. The summed E-state index contributed by atoms with van der Waals surface area (Å²) in [6, 6.07) is 13.7. The topological polar surface area (TPSA) is 185 Å². The average Bonchev–Trinajstić information content (AvgIpc) is 3.40. The number of rotatable bonds is 15. The van der Waals surface area contributed by atoms with E-state index in [2.05, 4.69) is 20.3 Å². The van der Waals surface area contributed by atoms with Gasteiger partial charge in [0.2, 0.25) is 15.9 Å². The molecule has 3 unspecified atom stereocenters. The number of nitrogens with one attached hydrogen (secondary N) is 3. The van der Waals surface area contributed by atoms with Crippen LogP contribution in [0.4, 0.5) is 10.6 Å². The van der Waals surface area contributed by atoms with E-state index in [1.54, 1.807) is 44.3 Å². The lowest BCUT2D eigenvalue weighted by Crippen LogP contribution is -2.49. The summed E-state index contributed by atoms with van der Waals surface area (Å²) in [5, 5.41) is 17.1. The molecule has 48 heavy (non-hydrogen) atoms. The Kier molecular flexibility index (Phi) is 12.7. The minimum absolute atomic E-state index is 0.0128. The second kappa shape index (κ2) is 16.7. The summed E-state index contributed by atoms with van der Waals surface area (Å²) in [7, 11) is -4.21. The summed E-state index contributed by atoms with van der Waals surface area (Å²) in [4.78, 5) is 46.7. The highest BCUT2D eigenvalue weighted by molar-refractivity contribution is 7.89. The van der Waals surface area contributed by atoms with Crippen molar-refractivity contribution in [3.05, 3.63) is 88.1 Å². The molecule has 1 aliphatic rings. The number of carboxylic acids is 1. The first-order valence-electron chi connectivity index (χ1n) is 15.0. The van der Waals surface area contributed by atoms with Crippen molar-refractivity contribution < 1.29 is 42.2 Å². The van der Waals surface area contributed by atoms with Crippen molar-refractivity contribution in [2.24, 2.45) is 0 Å². The number of aryl methyl sites for hydroxylation is 3. The Balaban J connectivity index is 1.32. The van der Waals surface area contributed by atoms with Crippen molar-refractivity contribution in [2.45, 2.75) is 56.9 Å². The maximum atomic E-state index is 13.1. The molecule has 4 rings (SSSR count). The molecule has 3 atom stereocenters. The van der Waals surface area contributed by atoms with E-state index in [9.17, 15) is 27.9 Å². The fourth-order valence-electron chi connectivity index (χ4n) is 5.30. The smallest absolute Gasteiger partial charge is 0.480 e. The number of carboxylic acid groups (broad SMARTS) is 1. The molecule has 16 heteroatoms. The highest BCUT2D eigenvalue weighted by atomic mass is 35.5. The molecule has 0 radical (unpaired) electrons. The first-order chi connectivity index (χ1) is 22.8. The molecule has 1 aromatic heterocycles. The highest BCUT2D eigenvalue weighted by Gasteiger charge is 2.36. The molecule has 0 spiro atoms. The molecule has 0 bridgehead atoms. The number of sulfonamides is 1. The lowest BCUT2D eigenvalue weighted by atomic mass is 10.1. The zero-order valence-corrected chi connectivity index (χ0v) is 28.2.